The lowest BCUT2D eigenvalue weighted by Crippen LogP contribution is -2.45. The van der Waals surface area contributed by atoms with Crippen LogP contribution in [0.4, 0.5) is 0 Å². The van der Waals surface area contributed by atoms with Crippen LogP contribution in [-0.2, 0) is 19.4 Å². The number of nitrogens with zero attached hydrogens (tertiary/aromatic N) is 4. The predicted octanol–water partition coefficient (Wildman–Crippen LogP) is 3.69. The topological polar surface area (TPSA) is 67.1 Å². The average Bonchev–Trinajstić information content (AvgIpc) is 2.90. The van der Waals surface area contributed by atoms with Gasteiger partial charge in [0, 0.05) is 39.0 Å². The number of aliphatic imine (C=N–C) groups is 1. The van der Waals surface area contributed by atoms with Crippen molar-refractivity contribution in [2.24, 2.45) is 10.9 Å². The third-order valence-corrected chi connectivity index (χ3v) is 5.98. The zero-order valence-corrected chi connectivity index (χ0v) is 19.4. The molecule has 154 valence electrons. The molecule has 7 heteroatoms. The summed E-state index contributed by atoms with van der Waals surface area (Å²) in [5, 5.41) is 15.9. The second kappa shape index (κ2) is 11.9. The molecule has 0 spiro atoms. The molecule has 0 bridgehead atoms. The van der Waals surface area contributed by atoms with Gasteiger partial charge in [0.1, 0.15) is 11.6 Å². The number of hydrogen-bond donors (Lipinski definition) is 2. The van der Waals surface area contributed by atoms with Crippen LogP contribution < -0.4 is 10.6 Å². The lowest BCUT2D eigenvalue weighted by atomic mass is 9.84. The van der Waals surface area contributed by atoms with E-state index in [0.717, 1.165) is 50.1 Å². The molecular weight excluding hydrogens is 451 g/mol. The molecule has 3 rings (SSSR count). The van der Waals surface area contributed by atoms with Gasteiger partial charge in [-0.1, -0.05) is 32.6 Å². The van der Waals surface area contributed by atoms with Gasteiger partial charge in [-0.25, -0.2) is 0 Å². The number of fused-ring (bicyclic) bond motifs is 1. The highest BCUT2D eigenvalue weighted by Gasteiger charge is 2.21. The SMILES string of the molecule is CCC1CCCC(NC(=NC)NCCCc2nnc3n2CCCCC3)C1.I. The van der Waals surface area contributed by atoms with Crippen LogP contribution >= 0.6 is 24.0 Å². The number of aryl methyl sites for hydroxylation is 2. The minimum atomic E-state index is 0. The largest absolute Gasteiger partial charge is 0.356 e. The fourth-order valence-electron chi connectivity index (χ4n) is 4.36. The van der Waals surface area contributed by atoms with Crippen LogP contribution in [0.5, 0.6) is 0 Å². The standard InChI is InChI=1S/C20H36N6.HI/c1-3-16-9-7-10-17(15-16)23-20(21-2)22-13-8-12-19-25-24-18-11-5-4-6-14-26(18)19;/h16-17H,3-15H2,1-2H3,(H2,21,22,23);1H. The van der Waals surface area contributed by atoms with Crippen LogP contribution in [0, 0.1) is 5.92 Å². The number of hydrogen-bond acceptors (Lipinski definition) is 3. The van der Waals surface area contributed by atoms with Crippen molar-refractivity contribution >= 4 is 29.9 Å². The molecule has 0 saturated heterocycles. The number of guanidine groups is 1. The summed E-state index contributed by atoms with van der Waals surface area (Å²) in [5.41, 5.74) is 0. The Hall–Kier alpha value is -0.860. The van der Waals surface area contributed by atoms with E-state index in [2.05, 4.69) is 37.3 Å². The maximum absolute atomic E-state index is 4.43. The molecule has 1 aromatic rings. The van der Waals surface area contributed by atoms with Crippen molar-refractivity contribution in [2.75, 3.05) is 13.6 Å². The van der Waals surface area contributed by atoms with Crippen molar-refractivity contribution < 1.29 is 0 Å². The fourth-order valence-corrected chi connectivity index (χ4v) is 4.36. The van der Waals surface area contributed by atoms with E-state index in [1.807, 2.05) is 7.05 Å². The number of nitrogens with one attached hydrogen (secondary N) is 2. The van der Waals surface area contributed by atoms with Crippen molar-refractivity contribution in [3.8, 4) is 0 Å². The number of rotatable bonds is 6. The summed E-state index contributed by atoms with van der Waals surface area (Å²) < 4.78 is 2.35. The van der Waals surface area contributed by atoms with Gasteiger partial charge in [-0.3, -0.25) is 4.99 Å². The van der Waals surface area contributed by atoms with E-state index in [4.69, 9.17) is 0 Å². The van der Waals surface area contributed by atoms with Gasteiger partial charge in [-0.2, -0.15) is 0 Å². The Morgan fingerprint density at radius 2 is 2.07 bits per heavy atom. The first-order valence-electron chi connectivity index (χ1n) is 10.7. The molecule has 2 atom stereocenters. The molecule has 2 heterocycles. The summed E-state index contributed by atoms with van der Waals surface area (Å²) in [6.45, 7) is 4.33. The number of aromatic nitrogens is 3. The highest BCUT2D eigenvalue weighted by Crippen LogP contribution is 2.26. The predicted molar refractivity (Wildman–Crippen MR) is 122 cm³/mol. The van der Waals surface area contributed by atoms with Crippen LogP contribution in [0.1, 0.15) is 76.4 Å². The monoisotopic (exact) mass is 488 g/mol. The third kappa shape index (κ3) is 6.61. The molecule has 1 saturated carbocycles. The van der Waals surface area contributed by atoms with Gasteiger partial charge in [0.05, 0.1) is 0 Å². The third-order valence-electron chi connectivity index (χ3n) is 5.98. The second-order valence-corrected chi connectivity index (χ2v) is 7.88. The quantitative estimate of drug-likeness (QED) is 0.278. The minimum absolute atomic E-state index is 0. The minimum Gasteiger partial charge on any atom is -0.356 e. The molecule has 0 aromatic carbocycles. The first-order valence-corrected chi connectivity index (χ1v) is 10.7. The van der Waals surface area contributed by atoms with Gasteiger partial charge in [0.15, 0.2) is 5.96 Å². The van der Waals surface area contributed by atoms with Crippen molar-refractivity contribution in [3.63, 3.8) is 0 Å². The maximum atomic E-state index is 4.43. The Balaban J connectivity index is 0.00000261. The van der Waals surface area contributed by atoms with Gasteiger partial charge >= 0.3 is 0 Å². The molecule has 2 aliphatic rings. The van der Waals surface area contributed by atoms with Crippen molar-refractivity contribution in [1.29, 1.82) is 0 Å². The van der Waals surface area contributed by atoms with Crippen molar-refractivity contribution in [1.82, 2.24) is 25.4 Å². The Bertz CT molecular complexity index is 585. The van der Waals surface area contributed by atoms with E-state index in [0.29, 0.717) is 6.04 Å². The van der Waals surface area contributed by atoms with E-state index in [-0.39, 0.29) is 24.0 Å². The summed E-state index contributed by atoms with van der Waals surface area (Å²) in [7, 11) is 1.87. The van der Waals surface area contributed by atoms with Gasteiger partial charge in [0.25, 0.3) is 0 Å². The zero-order valence-electron chi connectivity index (χ0n) is 17.0. The zero-order chi connectivity index (χ0) is 18.2. The van der Waals surface area contributed by atoms with E-state index < -0.39 is 0 Å². The summed E-state index contributed by atoms with van der Waals surface area (Å²) in [6.07, 6.45) is 13.5. The molecule has 6 nitrogen and oxygen atoms in total. The Morgan fingerprint density at radius 3 is 2.89 bits per heavy atom. The van der Waals surface area contributed by atoms with Gasteiger partial charge in [-0.05, 0) is 38.0 Å². The summed E-state index contributed by atoms with van der Waals surface area (Å²) in [4.78, 5) is 4.41. The smallest absolute Gasteiger partial charge is 0.191 e. The molecule has 1 aliphatic heterocycles. The second-order valence-electron chi connectivity index (χ2n) is 7.88. The summed E-state index contributed by atoms with van der Waals surface area (Å²) >= 11 is 0. The lowest BCUT2D eigenvalue weighted by molar-refractivity contribution is 0.298. The average molecular weight is 488 g/mol. The highest BCUT2D eigenvalue weighted by atomic mass is 127. The lowest BCUT2D eigenvalue weighted by Gasteiger charge is -2.30. The Morgan fingerprint density at radius 1 is 1.19 bits per heavy atom. The highest BCUT2D eigenvalue weighted by molar-refractivity contribution is 14.0. The van der Waals surface area contributed by atoms with Crippen molar-refractivity contribution in [3.05, 3.63) is 11.6 Å². The molecule has 2 unspecified atom stereocenters. The molecule has 0 amide bonds. The molecular formula is C20H37IN6. The summed E-state index contributed by atoms with van der Waals surface area (Å²) in [6, 6.07) is 0.576. The van der Waals surface area contributed by atoms with E-state index in [9.17, 15) is 0 Å². The summed E-state index contributed by atoms with van der Waals surface area (Å²) in [5.74, 6) is 4.17. The molecule has 2 N–H and O–H groups in total. The molecule has 27 heavy (non-hydrogen) atoms. The molecule has 1 fully saturated rings. The van der Waals surface area contributed by atoms with Gasteiger partial charge in [0.2, 0.25) is 0 Å². The molecule has 0 radical (unpaired) electrons. The van der Waals surface area contributed by atoms with Crippen LogP contribution in [0.2, 0.25) is 0 Å². The maximum Gasteiger partial charge on any atom is 0.191 e. The normalized spacial score (nSPS) is 23.1. The fraction of sp³-hybridized carbons (Fsp3) is 0.850. The first kappa shape index (κ1) is 22.4. The van der Waals surface area contributed by atoms with Gasteiger partial charge < -0.3 is 15.2 Å². The van der Waals surface area contributed by atoms with Crippen LogP contribution in [0.3, 0.4) is 0 Å². The Kier molecular flexibility index (Phi) is 9.86. The van der Waals surface area contributed by atoms with E-state index in [1.165, 1.54) is 57.2 Å². The van der Waals surface area contributed by atoms with E-state index in [1.54, 1.807) is 0 Å². The van der Waals surface area contributed by atoms with Crippen molar-refractivity contribution in [2.45, 2.75) is 90.1 Å². The molecule has 1 aromatic heterocycles. The van der Waals surface area contributed by atoms with Crippen LogP contribution in [0.15, 0.2) is 4.99 Å². The van der Waals surface area contributed by atoms with Crippen LogP contribution in [0.25, 0.3) is 0 Å². The van der Waals surface area contributed by atoms with E-state index >= 15 is 0 Å². The Labute approximate surface area is 181 Å². The van der Waals surface area contributed by atoms with Crippen LogP contribution in [-0.4, -0.2) is 40.4 Å². The molecule has 1 aliphatic carbocycles. The van der Waals surface area contributed by atoms with Gasteiger partial charge in [-0.15, -0.1) is 34.2 Å². The number of halogens is 1. The first-order chi connectivity index (χ1) is 12.8.